The number of rotatable bonds is 1. The molecule has 0 saturated carbocycles. The largest absolute Gasteiger partial charge is 0.289 e. The lowest BCUT2D eigenvalue weighted by molar-refractivity contribution is 0.0957. The van der Waals surface area contributed by atoms with E-state index in [1.54, 1.807) is 0 Å². The molecule has 0 bridgehead atoms. The average Bonchev–Trinajstić information content (AvgIpc) is 2.54. The van der Waals surface area contributed by atoms with E-state index >= 15 is 0 Å². The number of carbonyl (C=O) groups excluding carboxylic acids is 1. The van der Waals surface area contributed by atoms with E-state index in [-0.39, 0.29) is 5.91 Å². The van der Waals surface area contributed by atoms with Crippen LogP contribution in [-0.2, 0) is 0 Å². The van der Waals surface area contributed by atoms with Crippen LogP contribution in [0.15, 0.2) is 6.07 Å². The van der Waals surface area contributed by atoms with Crippen molar-refractivity contribution in [1.82, 2.24) is 10.4 Å². The standard InChI is InChI=1S/C11H13N3OS/c1-5-4-6(2)13-11-8(5)7(3)9(16-11)10(15)14-12/h4H,12H2,1-3H3,(H,14,15). The van der Waals surface area contributed by atoms with E-state index < -0.39 is 0 Å². The van der Waals surface area contributed by atoms with E-state index in [2.05, 4.69) is 10.4 Å². The number of nitrogen functional groups attached to an aromatic ring is 1. The molecule has 84 valence electrons. The minimum absolute atomic E-state index is 0.252. The van der Waals surface area contributed by atoms with E-state index in [1.807, 2.05) is 26.8 Å². The van der Waals surface area contributed by atoms with Crippen molar-refractivity contribution in [3.05, 3.63) is 27.8 Å². The predicted octanol–water partition coefficient (Wildman–Crippen LogP) is 1.83. The SMILES string of the molecule is Cc1cc(C)c2c(C)c(C(=O)NN)sc2n1. The Labute approximate surface area is 97.5 Å². The van der Waals surface area contributed by atoms with Crippen LogP contribution in [0.25, 0.3) is 10.2 Å². The van der Waals surface area contributed by atoms with Crippen LogP contribution in [0, 0.1) is 20.8 Å². The molecule has 0 aromatic carbocycles. The number of amides is 1. The number of nitrogens with one attached hydrogen (secondary N) is 1. The van der Waals surface area contributed by atoms with E-state index in [1.165, 1.54) is 11.3 Å². The monoisotopic (exact) mass is 235 g/mol. The van der Waals surface area contributed by atoms with Crippen LogP contribution in [0.1, 0.15) is 26.5 Å². The summed E-state index contributed by atoms with van der Waals surface area (Å²) in [6, 6.07) is 2.02. The molecule has 2 rings (SSSR count). The Bertz CT molecular complexity index is 574. The van der Waals surface area contributed by atoms with Crippen LogP contribution in [0.4, 0.5) is 0 Å². The Morgan fingerprint density at radius 2 is 2.12 bits per heavy atom. The summed E-state index contributed by atoms with van der Waals surface area (Å²) in [5.41, 5.74) is 5.22. The topological polar surface area (TPSA) is 68.0 Å². The first kappa shape index (κ1) is 11.0. The number of aryl methyl sites for hydroxylation is 3. The number of hydrogen-bond acceptors (Lipinski definition) is 4. The van der Waals surface area contributed by atoms with Gasteiger partial charge in [-0.1, -0.05) is 0 Å². The molecular weight excluding hydrogens is 222 g/mol. The fourth-order valence-corrected chi connectivity index (χ4v) is 3.11. The maximum atomic E-state index is 11.5. The maximum absolute atomic E-state index is 11.5. The summed E-state index contributed by atoms with van der Waals surface area (Å²) in [7, 11) is 0. The van der Waals surface area contributed by atoms with Gasteiger partial charge in [-0.2, -0.15) is 0 Å². The number of carbonyl (C=O) groups is 1. The number of nitrogens with zero attached hydrogens (tertiary/aromatic N) is 1. The van der Waals surface area contributed by atoms with Crippen molar-refractivity contribution < 1.29 is 4.79 Å². The van der Waals surface area contributed by atoms with Gasteiger partial charge in [-0.05, 0) is 38.0 Å². The van der Waals surface area contributed by atoms with Gasteiger partial charge in [-0.15, -0.1) is 11.3 Å². The van der Waals surface area contributed by atoms with Gasteiger partial charge in [0, 0.05) is 11.1 Å². The van der Waals surface area contributed by atoms with Gasteiger partial charge in [0.15, 0.2) is 0 Å². The summed E-state index contributed by atoms with van der Waals surface area (Å²) in [4.78, 5) is 17.5. The normalized spacial score (nSPS) is 10.8. The van der Waals surface area contributed by atoms with Crippen molar-refractivity contribution in [2.75, 3.05) is 0 Å². The van der Waals surface area contributed by atoms with Crippen molar-refractivity contribution in [3.8, 4) is 0 Å². The van der Waals surface area contributed by atoms with Gasteiger partial charge in [-0.25, -0.2) is 10.8 Å². The van der Waals surface area contributed by atoms with E-state index in [0.29, 0.717) is 4.88 Å². The van der Waals surface area contributed by atoms with Crippen molar-refractivity contribution in [2.24, 2.45) is 5.84 Å². The first-order valence-corrected chi connectivity index (χ1v) is 5.74. The molecule has 0 aliphatic heterocycles. The van der Waals surface area contributed by atoms with Crippen LogP contribution in [0.2, 0.25) is 0 Å². The van der Waals surface area contributed by atoms with E-state index in [0.717, 1.165) is 27.0 Å². The Morgan fingerprint density at radius 1 is 1.44 bits per heavy atom. The van der Waals surface area contributed by atoms with Gasteiger partial charge in [0.05, 0.1) is 4.88 Å². The minimum atomic E-state index is -0.252. The summed E-state index contributed by atoms with van der Waals surface area (Å²) in [6.07, 6.45) is 0. The third-order valence-corrected chi connectivity index (χ3v) is 3.75. The van der Waals surface area contributed by atoms with E-state index in [9.17, 15) is 4.79 Å². The first-order valence-electron chi connectivity index (χ1n) is 4.93. The number of hydrogen-bond donors (Lipinski definition) is 2. The first-order chi connectivity index (χ1) is 7.54. The van der Waals surface area contributed by atoms with Gasteiger partial charge < -0.3 is 0 Å². The molecule has 0 saturated heterocycles. The highest BCUT2D eigenvalue weighted by Crippen LogP contribution is 2.31. The van der Waals surface area contributed by atoms with Crippen LogP contribution >= 0.6 is 11.3 Å². The van der Waals surface area contributed by atoms with Gasteiger partial charge in [0.2, 0.25) is 0 Å². The Hall–Kier alpha value is -1.46. The summed E-state index contributed by atoms with van der Waals surface area (Å²) in [6.45, 7) is 5.90. The third-order valence-electron chi connectivity index (χ3n) is 2.56. The molecule has 4 nitrogen and oxygen atoms in total. The molecule has 0 spiro atoms. The molecule has 2 aromatic rings. The Kier molecular flexibility index (Phi) is 2.65. The lowest BCUT2D eigenvalue weighted by Gasteiger charge is -2.00. The lowest BCUT2D eigenvalue weighted by Crippen LogP contribution is -2.29. The lowest BCUT2D eigenvalue weighted by atomic mass is 10.1. The molecule has 0 atom stereocenters. The second-order valence-electron chi connectivity index (χ2n) is 3.79. The average molecular weight is 235 g/mol. The molecule has 2 aromatic heterocycles. The maximum Gasteiger partial charge on any atom is 0.275 e. The molecule has 0 fully saturated rings. The molecule has 0 radical (unpaired) electrons. The second kappa shape index (κ2) is 3.84. The number of thiophene rings is 1. The molecular formula is C11H13N3OS. The van der Waals surface area contributed by atoms with Crippen LogP contribution < -0.4 is 11.3 Å². The predicted molar refractivity (Wildman–Crippen MR) is 65.5 cm³/mol. The highest BCUT2D eigenvalue weighted by Gasteiger charge is 2.16. The van der Waals surface area contributed by atoms with Crippen molar-refractivity contribution in [2.45, 2.75) is 20.8 Å². The molecule has 0 aliphatic carbocycles. The van der Waals surface area contributed by atoms with Gasteiger partial charge in [0.1, 0.15) is 4.83 Å². The van der Waals surface area contributed by atoms with Crippen LogP contribution in [0.5, 0.6) is 0 Å². The molecule has 0 aliphatic rings. The fraction of sp³-hybridized carbons (Fsp3) is 0.273. The fourth-order valence-electron chi connectivity index (χ4n) is 1.90. The third kappa shape index (κ3) is 1.58. The molecule has 16 heavy (non-hydrogen) atoms. The van der Waals surface area contributed by atoms with Crippen molar-refractivity contribution in [3.63, 3.8) is 0 Å². The Balaban J connectivity index is 2.78. The highest BCUT2D eigenvalue weighted by atomic mass is 32.1. The molecule has 2 heterocycles. The molecule has 1 amide bonds. The number of pyridine rings is 1. The highest BCUT2D eigenvalue weighted by molar-refractivity contribution is 7.20. The number of nitrogens with two attached hydrogens (primary N) is 1. The van der Waals surface area contributed by atoms with Gasteiger partial charge >= 0.3 is 0 Å². The van der Waals surface area contributed by atoms with E-state index in [4.69, 9.17) is 5.84 Å². The Morgan fingerprint density at radius 3 is 2.75 bits per heavy atom. The summed E-state index contributed by atoms with van der Waals surface area (Å²) in [5, 5.41) is 1.06. The number of hydrazine groups is 1. The molecule has 3 N–H and O–H groups in total. The zero-order valence-corrected chi connectivity index (χ0v) is 10.2. The quantitative estimate of drug-likeness (QED) is 0.450. The van der Waals surface area contributed by atoms with Gasteiger partial charge in [-0.3, -0.25) is 10.2 Å². The number of aromatic nitrogens is 1. The van der Waals surface area contributed by atoms with Crippen LogP contribution in [-0.4, -0.2) is 10.9 Å². The zero-order valence-electron chi connectivity index (χ0n) is 9.42. The summed E-state index contributed by atoms with van der Waals surface area (Å²) < 4.78 is 0. The smallest absolute Gasteiger partial charge is 0.275 e. The molecule has 5 heteroatoms. The zero-order chi connectivity index (χ0) is 11.9. The molecule has 0 unspecified atom stereocenters. The van der Waals surface area contributed by atoms with Crippen LogP contribution in [0.3, 0.4) is 0 Å². The number of fused-ring (bicyclic) bond motifs is 1. The summed E-state index contributed by atoms with van der Waals surface area (Å²) >= 11 is 1.38. The second-order valence-corrected chi connectivity index (χ2v) is 4.79. The van der Waals surface area contributed by atoms with Crippen molar-refractivity contribution >= 4 is 27.5 Å². The summed E-state index contributed by atoms with van der Waals surface area (Å²) in [5.74, 6) is 4.90. The minimum Gasteiger partial charge on any atom is -0.289 e. The van der Waals surface area contributed by atoms with Crippen molar-refractivity contribution in [1.29, 1.82) is 0 Å². The van der Waals surface area contributed by atoms with Gasteiger partial charge in [0.25, 0.3) is 5.91 Å².